The molecule has 3 rings (SSSR count). The lowest BCUT2D eigenvalue weighted by Gasteiger charge is -2.14. The highest BCUT2D eigenvalue weighted by Crippen LogP contribution is 2.29. The predicted octanol–water partition coefficient (Wildman–Crippen LogP) is 2.76. The minimum Gasteiger partial charge on any atom is -0.486 e. The third-order valence-electron chi connectivity index (χ3n) is 3.96. The molecule has 1 aromatic carbocycles. The standard InChI is InChI=1S/C18H20ClN3O3/c19-15-9-12(22-18(23)17-7-5-14(10-20)25-17)4-6-16(15)24-11-13-3-1-2-8-21-13/h1-4,6,8-9,14,17H,5,7,10-11,20H2,(H,22,23)/t14-,17+/m1/s1. The number of anilines is 1. The van der Waals surface area contributed by atoms with Crippen LogP contribution in [-0.2, 0) is 16.1 Å². The second-order valence-corrected chi connectivity index (χ2v) is 6.21. The summed E-state index contributed by atoms with van der Waals surface area (Å²) in [5.41, 5.74) is 6.97. The lowest BCUT2D eigenvalue weighted by atomic mass is 10.2. The van der Waals surface area contributed by atoms with Crippen LogP contribution in [0.4, 0.5) is 5.69 Å². The molecule has 0 unspecified atom stereocenters. The van der Waals surface area contributed by atoms with E-state index in [-0.39, 0.29) is 12.0 Å². The van der Waals surface area contributed by atoms with E-state index in [1.54, 1.807) is 24.4 Å². The second-order valence-electron chi connectivity index (χ2n) is 5.80. The van der Waals surface area contributed by atoms with E-state index in [2.05, 4.69) is 10.3 Å². The van der Waals surface area contributed by atoms with Crippen LogP contribution in [0.15, 0.2) is 42.6 Å². The van der Waals surface area contributed by atoms with Crippen molar-refractivity contribution in [1.82, 2.24) is 4.98 Å². The van der Waals surface area contributed by atoms with Gasteiger partial charge in [-0.1, -0.05) is 17.7 Å². The van der Waals surface area contributed by atoms with Crippen molar-refractivity contribution in [3.63, 3.8) is 0 Å². The zero-order chi connectivity index (χ0) is 17.6. The monoisotopic (exact) mass is 361 g/mol. The quantitative estimate of drug-likeness (QED) is 0.826. The molecule has 132 valence electrons. The number of pyridine rings is 1. The number of aromatic nitrogens is 1. The van der Waals surface area contributed by atoms with Crippen LogP contribution in [0.2, 0.25) is 5.02 Å². The van der Waals surface area contributed by atoms with Gasteiger partial charge in [0.1, 0.15) is 18.5 Å². The molecule has 0 saturated carbocycles. The molecule has 2 atom stereocenters. The average Bonchev–Trinajstić information content (AvgIpc) is 3.11. The van der Waals surface area contributed by atoms with Gasteiger partial charge in [-0.2, -0.15) is 0 Å². The maximum Gasteiger partial charge on any atom is 0.253 e. The first-order valence-electron chi connectivity index (χ1n) is 8.14. The van der Waals surface area contributed by atoms with Crippen molar-refractivity contribution in [2.45, 2.75) is 31.7 Å². The second kappa shape index (κ2) is 8.29. The first kappa shape index (κ1) is 17.7. The van der Waals surface area contributed by atoms with Gasteiger partial charge in [-0.15, -0.1) is 0 Å². The van der Waals surface area contributed by atoms with Crippen LogP contribution in [-0.4, -0.2) is 29.6 Å². The average molecular weight is 362 g/mol. The van der Waals surface area contributed by atoms with E-state index in [0.717, 1.165) is 12.1 Å². The van der Waals surface area contributed by atoms with Gasteiger partial charge in [0.2, 0.25) is 0 Å². The molecule has 1 saturated heterocycles. The molecule has 1 aromatic heterocycles. The number of nitrogens with one attached hydrogen (secondary N) is 1. The molecule has 1 amide bonds. The number of benzene rings is 1. The summed E-state index contributed by atoms with van der Waals surface area (Å²) in [6, 6.07) is 10.7. The summed E-state index contributed by atoms with van der Waals surface area (Å²) < 4.78 is 11.2. The zero-order valence-corrected chi connectivity index (χ0v) is 14.4. The van der Waals surface area contributed by atoms with Gasteiger partial charge in [0.05, 0.1) is 16.8 Å². The number of carbonyl (C=O) groups is 1. The van der Waals surface area contributed by atoms with Crippen molar-refractivity contribution in [2.75, 3.05) is 11.9 Å². The Morgan fingerprint density at radius 2 is 2.24 bits per heavy atom. The summed E-state index contributed by atoms with van der Waals surface area (Å²) >= 11 is 6.24. The molecule has 0 radical (unpaired) electrons. The SMILES string of the molecule is NC[C@H]1CC[C@@H](C(=O)Nc2ccc(OCc3ccccn3)c(Cl)c2)O1. The number of halogens is 1. The Balaban J connectivity index is 1.57. The van der Waals surface area contributed by atoms with Crippen LogP contribution in [0.5, 0.6) is 5.75 Å². The molecule has 7 heteroatoms. The lowest BCUT2D eigenvalue weighted by Crippen LogP contribution is -2.29. The van der Waals surface area contributed by atoms with E-state index in [1.807, 2.05) is 18.2 Å². The number of amides is 1. The van der Waals surface area contributed by atoms with E-state index in [9.17, 15) is 4.79 Å². The van der Waals surface area contributed by atoms with Crippen molar-refractivity contribution in [3.05, 3.63) is 53.3 Å². The topological polar surface area (TPSA) is 86.5 Å². The summed E-state index contributed by atoms with van der Waals surface area (Å²) in [5, 5.41) is 3.23. The van der Waals surface area contributed by atoms with Gasteiger partial charge in [-0.25, -0.2) is 0 Å². The van der Waals surface area contributed by atoms with Crippen molar-refractivity contribution < 1.29 is 14.3 Å². The third kappa shape index (κ3) is 4.69. The molecule has 2 aromatic rings. The maximum atomic E-state index is 12.2. The first-order valence-corrected chi connectivity index (χ1v) is 8.52. The molecule has 25 heavy (non-hydrogen) atoms. The summed E-state index contributed by atoms with van der Waals surface area (Å²) in [7, 11) is 0. The minimum atomic E-state index is -0.465. The molecule has 0 aliphatic carbocycles. The number of nitrogens with zero attached hydrogens (tertiary/aromatic N) is 1. The Morgan fingerprint density at radius 1 is 1.36 bits per heavy atom. The van der Waals surface area contributed by atoms with Crippen molar-refractivity contribution in [1.29, 1.82) is 0 Å². The number of hydrogen-bond acceptors (Lipinski definition) is 5. The Labute approximate surface area is 151 Å². The zero-order valence-electron chi connectivity index (χ0n) is 13.7. The Morgan fingerprint density at radius 3 is 2.92 bits per heavy atom. The van der Waals surface area contributed by atoms with E-state index in [4.69, 9.17) is 26.8 Å². The van der Waals surface area contributed by atoms with Gasteiger partial charge >= 0.3 is 0 Å². The fraction of sp³-hybridized carbons (Fsp3) is 0.333. The number of nitrogens with two attached hydrogens (primary N) is 1. The van der Waals surface area contributed by atoms with Gasteiger partial charge in [0.25, 0.3) is 5.91 Å². The van der Waals surface area contributed by atoms with Crippen molar-refractivity contribution >= 4 is 23.2 Å². The van der Waals surface area contributed by atoms with Crippen LogP contribution < -0.4 is 15.8 Å². The van der Waals surface area contributed by atoms with Crippen LogP contribution in [0.25, 0.3) is 0 Å². The molecule has 2 heterocycles. The number of rotatable bonds is 6. The van der Waals surface area contributed by atoms with E-state index < -0.39 is 6.10 Å². The lowest BCUT2D eigenvalue weighted by molar-refractivity contribution is -0.126. The predicted molar refractivity (Wildman–Crippen MR) is 95.6 cm³/mol. The smallest absolute Gasteiger partial charge is 0.253 e. The Bertz CT molecular complexity index is 727. The van der Waals surface area contributed by atoms with Gasteiger partial charge in [0, 0.05) is 18.4 Å². The maximum absolute atomic E-state index is 12.2. The molecule has 1 fully saturated rings. The fourth-order valence-electron chi connectivity index (χ4n) is 2.63. The minimum absolute atomic E-state index is 0.0401. The Hall–Kier alpha value is -2.15. The van der Waals surface area contributed by atoms with Gasteiger partial charge in [-0.3, -0.25) is 9.78 Å². The molecule has 3 N–H and O–H groups in total. The van der Waals surface area contributed by atoms with Crippen molar-refractivity contribution in [2.24, 2.45) is 5.73 Å². The fourth-order valence-corrected chi connectivity index (χ4v) is 2.86. The van der Waals surface area contributed by atoms with Crippen LogP contribution in [0.3, 0.4) is 0 Å². The largest absolute Gasteiger partial charge is 0.486 e. The van der Waals surface area contributed by atoms with Crippen molar-refractivity contribution in [3.8, 4) is 5.75 Å². The summed E-state index contributed by atoms with van der Waals surface area (Å²) in [6.07, 6.45) is 2.68. The highest BCUT2D eigenvalue weighted by molar-refractivity contribution is 6.32. The first-order chi connectivity index (χ1) is 12.2. The molecule has 6 nitrogen and oxygen atoms in total. The number of hydrogen-bond donors (Lipinski definition) is 2. The molecular formula is C18H20ClN3O3. The third-order valence-corrected chi connectivity index (χ3v) is 4.26. The van der Waals surface area contributed by atoms with E-state index in [0.29, 0.717) is 36.0 Å². The van der Waals surface area contributed by atoms with Gasteiger partial charge in [-0.05, 0) is 43.2 Å². The highest BCUT2D eigenvalue weighted by atomic mass is 35.5. The van der Waals surface area contributed by atoms with Gasteiger partial charge in [0.15, 0.2) is 0 Å². The Kier molecular flexibility index (Phi) is 5.86. The van der Waals surface area contributed by atoms with Crippen LogP contribution in [0, 0.1) is 0 Å². The molecule has 1 aliphatic rings. The molecular weight excluding hydrogens is 342 g/mol. The van der Waals surface area contributed by atoms with Crippen LogP contribution in [0.1, 0.15) is 18.5 Å². The molecule has 0 spiro atoms. The summed E-state index contributed by atoms with van der Waals surface area (Å²) in [6.45, 7) is 0.751. The highest BCUT2D eigenvalue weighted by Gasteiger charge is 2.29. The number of carbonyl (C=O) groups excluding carboxylic acids is 1. The molecule has 0 bridgehead atoms. The van der Waals surface area contributed by atoms with E-state index >= 15 is 0 Å². The number of ether oxygens (including phenoxy) is 2. The normalized spacial score (nSPS) is 19.6. The summed E-state index contributed by atoms with van der Waals surface area (Å²) in [4.78, 5) is 16.4. The van der Waals surface area contributed by atoms with Gasteiger partial charge < -0.3 is 20.5 Å². The molecule has 1 aliphatic heterocycles. The van der Waals surface area contributed by atoms with Crippen LogP contribution >= 0.6 is 11.6 Å². The summed E-state index contributed by atoms with van der Waals surface area (Å²) in [5.74, 6) is 0.347. The van der Waals surface area contributed by atoms with E-state index in [1.165, 1.54) is 0 Å².